The van der Waals surface area contributed by atoms with Crippen LogP contribution < -0.4 is 0 Å². The number of aliphatic imine (C=N–C) groups is 1. The highest BCUT2D eigenvalue weighted by Gasteiger charge is 2.48. The van der Waals surface area contributed by atoms with Gasteiger partial charge < -0.3 is 13.3 Å². The van der Waals surface area contributed by atoms with Crippen LogP contribution in [0, 0.1) is 10.1 Å². The van der Waals surface area contributed by atoms with Crippen molar-refractivity contribution >= 4 is 20.7 Å². The van der Waals surface area contributed by atoms with Crippen LogP contribution in [0.25, 0.3) is 0 Å². The molecule has 4 rings (SSSR count). The molecule has 3 heterocycles. The lowest BCUT2D eigenvalue weighted by Gasteiger charge is -2.45. The molecule has 3 aliphatic heterocycles. The van der Waals surface area contributed by atoms with E-state index in [1.165, 1.54) is 12.1 Å². The number of benzene rings is 1. The van der Waals surface area contributed by atoms with Crippen LogP contribution in [-0.4, -0.2) is 69.3 Å². The maximum absolute atomic E-state index is 10.7. The van der Waals surface area contributed by atoms with Gasteiger partial charge in [0.25, 0.3) is 5.69 Å². The molecule has 3 atom stereocenters. The second-order valence-corrected chi connectivity index (χ2v) is 10.2. The van der Waals surface area contributed by atoms with Crippen LogP contribution in [0.5, 0.6) is 0 Å². The molecule has 0 spiro atoms. The molecule has 1 aromatic carbocycles. The minimum atomic E-state index is -2.74. The van der Waals surface area contributed by atoms with Gasteiger partial charge in [-0.05, 0) is 44.9 Å². The molecule has 3 fully saturated rings. The van der Waals surface area contributed by atoms with E-state index >= 15 is 0 Å². The van der Waals surface area contributed by atoms with Crippen molar-refractivity contribution in [3.05, 3.63) is 39.9 Å². The number of rotatable bonds is 6. The first-order valence-corrected chi connectivity index (χ1v) is 11.8. The number of nitro groups is 1. The molecule has 3 unspecified atom stereocenters. The molecule has 0 N–H and O–H groups in total. The number of nitro benzene ring substituents is 1. The van der Waals surface area contributed by atoms with Crippen molar-refractivity contribution in [1.29, 1.82) is 0 Å². The highest BCUT2D eigenvalue weighted by Crippen LogP contribution is 2.28. The van der Waals surface area contributed by atoms with Crippen LogP contribution in [0.2, 0.25) is 6.04 Å². The summed E-state index contributed by atoms with van der Waals surface area (Å²) in [4.78, 5) is 17.1. The molecule has 0 saturated carbocycles. The lowest BCUT2D eigenvalue weighted by atomic mass is 10.2. The lowest BCUT2D eigenvalue weighted by molar-refractivity contribution is -0.384. The van der Waals surface area contributed by atoms with Gasteiger partial charge in [0.05, 0.1) is 23.2 Å². The lowest BCUT2D eigenvalue weighted by Crippen LogP contribution is -2.61. The predicted molar refractivity (Wildman–Crippen MR) is 109 cm³/mol. The van der Waals surface area contributed by atoms with Crippen molar-refractivity contribution in [2.24, 2.45) is 4.99 Å². The second kappa shape index (κ2) is 9.23. The van der Waals surface area contributed by atoms with E-state index in [1.807, 2.05) is 0 Å². The molecule has 3 aliphatic rings. The topological polar surface area (TPSA) is 86.4 Å². The molecule has 28 heavy (non-hydrogen) atoms. The maximum atomic E-state index is 10.7. The predicted octanol–water partition coefficient (Wildman–Crippen LogP) is 2.89. The van der Waals surface area contributed by atoms with Gasteiger partial charge in [-0.3, -0.25) is 20.0 Å². The fraction of sp³-hybridized carbons (Fsp3) is 0.632. The van der Waals surface area contributed by atoms with Crippen molar-refractivity contribution in [3.63, 3.8) is 0 Å². The van der Waals surface area contributed by atoms with Crippen LogP contribution in [0.3, 0.4) is 0 Å². The van der Waals surface area contributed by atoms with Gasteiger partial charge in [-0.25, -0.2) is 0 Å². The molecular weight excluding hydrogens is 378 g/mol. The molecule has 1 aromatic rings. The van der Waals surface area contributed by atoms with Crippen LogP contribution >= 0.6 is 0 Å². The zero-order valence-corrected chi connectivity index (χ0v) is 17.7. The fourth-order valence-corrected chi connectivity index (χ4v) is 7.02. The molecule has 3 saturated heterocycles. The standard InChI is InChI=1S/C19H29N3O5Si/c1-15-12-21-13-16(2)26-28(25-15,27-17(3)14-21)10-4-9-20-11-18-5-7-19(8-6-18)22(23)24/h5-8,11,15-17H,4,9-10,12-14H2,1-3H3. The van der Waals surface area contributed by atoms with Gasteiger partial charge in [0.15, 0.2) is 0 Å². The molecule has 154 valence electrons. The normalized spacial score (nSPS) is 33.4. The van der Waals surface area contributed by atoms with Gasteiger partial charge >= 0.3 is 8.80 Å². The minimum Gasteiger partial charge on any atom is -0.369 e. The Balaban J connectivity index is 1.57. The van der Waals surface area contributed by atoms with Gasteiger partial charge in [-0.2, -0.15) is 0 Å². The summed E-state index contributed by atoms with van der Waals surface area (Å²) in [6.07, 6.45) is 2.83. The molecule has 0 amide bonds. The van der Waals surface area contributed by atoms with E-state index in [2.05, 4.69) is 30.7 Å². The van der Waals surface area contributed by atoms with Crippen LogP contribution in [-0.2, 0) is 13.3 Å². The number of non-ortho nitro benzene ring substituents is 1. The highest BCUT2D eigenvalue weighted by molar-refractivity contribution is 6.60. The van der Waals surface area contributed by atoms with E-state index in [4.69, 9.17) is 13.3 Å². The molecule has 8 nitrogen and oxygen atoms in total. The van der Waals surface area contributed by atoms with Crippen molar-refractivity contribution in [2.75, 3.05) is 26.2 Å². The molecule has 0 aromatic heterocycles. The Morgan fingerprint density at radius 2 is 1.64 bits per heavy atom. The van der Waals surface area contributed by atoms with E-state index in [1.54, 1.807) is 18.3 Å². The number of fused-ring (bicyclic) bond motifs is 6. The largest absolute Gasteiger partial charge is 0.501 e. The summed E-state index contributed by atoms with van der Waals surface area (Å²) in [5.41, 5.74) is 0.927. The van der Waals surface area contributed by atoms with Crippen LogP contribution in [0.15, 0.2) is 29.3 Å². The second-order valence-electron chi connectivity index (χ2n) is 7.67. The number of hydrogen-bond acceptors (Lipinski definition) is 7. The summed E-state index contributed by atoms with van der Waals surface area (Å²) in [7, 11) is -2.74. The fourth-order valence-electron chi connectivity index (χ4n) is 3.84. The quantitative estimate of drug-likeness (QED) is 0.237. The van der Waals surface area contributed by atoms with Gasteiger partial charge in [-0.1, -0.05) is 0 Å². The van der Waals surface area contributed by atoms with Crippen LogP contribution in [0.1, 0.15) is 32.8 Å². The highest BCUT2D eigenvalue weighted by atomic mass is 28.4. The molecule has 9 heteroatoms. The first-order chi connectivity index (χ1) is 13.3. The molecule has 2 bridgehead atoms. The Morgan fingerprint density at radius 3 is 2.14 bits per heavy atom. The van der Waals surface area contributed by atoms with Gasteiger partial charge in [0.1, 0.15) is 0 Å². The summed E-state index contributed by atoms with van der Waals surface area (Å²) in [6, 6.07) is 7.11. The van der Waals surface area contributed by atoms with Gasteiger partial charge in [0.2, 0.25) is 0 Å². The van der Waals surface area contributed by atoms with E-state index in [0.717, 1.165) is 37.7 Å². The van der Waals surface area contributed by atoms with Crippen LogP contribution in [0.4, 0.5) is 5.69 Å². The number of nitrogens with zero attached hydrogens (tertiary/aromatic N) is 3. The summed E-state index contributed by atoms with van der Waals surface area (Å²) >= 11 is 0. The Labute approximate surface area is 167 Å². The van der Waals surface area contributed by atoms with E-state index in [0.29, 0.717) is 6.54 Å². The average molecular weight is 408 g/mol. The average Bonchev–Trinajstić information content (AvgIpc) is 2.58. The van der Waals surface area contributed by atoms with Gasteiger partial charge in [0, 0.05) is 50.6 Å². The SMILES string of the molecule is CC1CN2CC(C)O[Si](CCCN=Cc3ccc([N+](=O)[O-])cc3)(O1)OC(C)C2. The summed E-state index contributed by atoms with van der Waals surface area (Å²) in [5.74, 6) is 0. The van der Waals surface area contributed by atoms with E-state index in [9.17, 15) is 10.1 Å². The molecule has 0 aliphatic carbocycles. The smallest absolute Gasteiger partial charge is 0.369 e. The first-order valence-electron chi connectivity index (χ1n) is 9.85. The summed E-state index contributed by atoms with van der Waals surface area (Å²) in [5, 5.41) is 10.7. The molecule has 0 radical (unpaired) electrons. The summed E-state index contributed by atoms with van der Waals surface area (Å²) < 4.78 is 19.0. The van der Waals surface area contributed by atoms with E-state index < -0.39 is 13.7 Å². The Bertz CT molecular complexity index is 663. The number of hydrogen-bond donors (Lipinski definition) is 0. The summed E-state index contributed by atoms with van der Waals surface area (Å²) in [6.45, 7) is 9.61. The van der Waals surface area contributed by atoms with Gasteiger partial charge in [-0.15, -0.1) is 0 Å². The van der Waals surface area contributed by atoms with E-state index in [-0.39, 0.29) is 24.0 Å². The zero-order chi connectivity index (χ0) is 20.1. The monoisotopic (exact) mass is 407 g/mol. The Hall–Kier alpha value is -1.65. The Morgan fingerprint density at radius 1 is 1.11 bits per heavy atom. The van der Waals surface area contributed by atoms with Crippen molar-refractivity contribution in [2.45, 2.75) is 51.5 Å². The van der Waals surface area contributed by atoms with Crippen molar-refractivity contribution in [1.82, 2.24) is 4.90 Å². The molecular formula is C19H29N3O5Si. The third-order valence-corrected chi connectivity index (χ3v) is 8.05. The maximum Gasteiger partial charge on any atom is 0.501 e. The minimum absolute atomic E-state index is 0.0817. The van der Waals surface area contributed by atoms with Crippen molar-refractivity contribution in [3.8, 4) is 0 Å². The Kier molecular flexibility index (Phi) is 6.94. The van der Waals surface area contributed by atoms with Crippen molar-refractivity contribution < 1.29 is 18.2 Å². The third kappa shape index (κ3) is 5.68. The third-order valence-electron chi connectivity index (χ3n) is 4.80. The first kappa shape index (κ1) is 21.1. The zero-order valence-electron chi connectivity index (χ0n) is 16.7.